The maximum Gasteiger partial charge on any atom is 0.262 e. The Morgan fingerprint density at radius 1 is 1.19 bits per heavy atom. The summed E-state index contributed by atoms with van der Waals surface area (Å²) in [6.07, 6.45) is 1.25. The minimum Gasteiger partial charge on any atom is -0.371 e. The fourth-order valence-corrected chi connectivity index (χ4v) is 3.66. The van der Waals surface area contributed by atoms with Gasteiger partial charge >= 0.3 is 0 Å². The summed E-state index contributed by atoms with van der Waals surface area (Å²) in [5, 5.41) is 5.55. The van der Waals surface area contributed by atoms with Gasteiger partial charge in [-0.15, -0.1) is 0 Å². The van der Waals surface area contributed by atoms with Gasteiger partial charge in [-0.1, -0.05) is 32.9 Å². The number of alkyl halides is 2. The lowest BCUT2D eigenvalue weighted by molar-refractivity contribution is -0.124. The number of carbonyl (C=O) groups is 1. The van der Waals surface area contributed by atoms with Crippen LogP contribution in [0.25, 0.3) is 0 Å². The van der Waals surface area contributed by atoms with E-state index < -0.39 is 24.9 Å². The van der Waals surface area contributed by atoms with Gasteiger partial charge in [-0.3, -0.25) is 10.1 Å². The zero-order valence-corrected chi connectivity index (χ0v) is 15.8. The highest BCUT2D eigenvalue weighted by atomic mass is 19.3. The molecule has 0 aromatic heterocycles. The molecule has 4 nitrogen and oxygen atoms in total. The first-order chi connectivity index (χ1) is 12.1. The molecule has 2 aliphatic heterocycles. The number of benzene rings is 1. The van der Waals surface area contributed by atoms with Crippen LogP contribution in [0.2, 0.25) is 0 Å². The average Bonchev–Trinajstić information content (AvgIpc) is 2.95. The van der Waals surface area contributed by atoms with Crippen LogP contribution in [0.15, 0.2) is 24.3 Å². The summed E-state index contributed by atoms with van der Waals surface area (Å²) >= 11 is 0. The molecule has 6 heteroatoms. The predicted octanol–water partition coefficient (Wildman–Crippen LogP) is 3.07. The standard InChI is InChI=1S/C20H29F2N3O/c1-19(2,3)14-4-6-16(7-5-14)25-10-8-15(9-11-25)24-18(26)17-12-20(21,22)13-23-17/h4-7,15,17,23H,8-13H2,1-3H3,(H,24,26). The van der Waals surface area contributed by atoms with Gasteiger partial charge in [-0.25, -0.2) is 8.78 Å². The van der Waals surface area contributed by atoms with Crippen molar-refractivity contribution in [1.29, 1.82) is 0 Å². The van der Waals surface area contributed by atoms with E-state index in [1.807, 2.05) is 0 Å². The van der Waals surface area contributed by atoms with E-state index in [0.717, 1.165) is 25.9 Å². The second-order valence-corrected chi connectivity index (χ2v) is 8.56. The molecule has 0 bridgehead atoms. The first-order valence-corrected chi connectivity index (χ1v) is 9.41. The van der Waals surface area contributed by atoms with Crippen LogP contribution in [0, 0.1) is 0 Å². The number of nitrogens with zero attached hydrogens (tertiary/aromatic N) is 1. The number of rotatable bonds is 3. The Hall–Kier alpha value is -1.69. The lowest BCUT2D eigenvalue weighted by Gasteiger charge is -2.34. The van der Waals surface area contributed by atoms with Crippen LogP contribution in [0.4, 0.5) is 14.5 Å². The number of anilines is 1. The van der Waals surface area contributed by atoms with Crippen LogP contribution in [0.3, 0.4) is 0 Å². The summed E-state index contributed by atoms with van der Waals surface area (Å²) in [6, 6.07) is 7.95. The minimum absolute atomic E-state index is 0.0589. The van der Waals surface area contributed by atoms with Crippen molar-refractivity contribution in [3.63, 3.8) is 0 Å². The third-order valence-corrected chi connectivity index (χ3v) is 5.37. The molecule has 2 fully saturated rings. The Kier molecular flexibility index (Phi) is 5.24. The first-order valence-electron chi connectivity index (χ1n) is 9.41. The third-order valence-electron chi connectivity index (χ3n) is 5.37. The normalized spacial score (nSPS) is 23.9. The number of carbonyl (C=O) groups excluding carboxylic acids is 1. The summed E-state index contributed by atoms with van der Waals surface area (Å²) in [5.41, 5.74) is 2.64. The van der Waals surface area contributed by atoms with Crippen LogP contribution in [-0.2, 0) is 10.2 Å². The SMILES string of the molecule is CC(C)(C)c1ccc(N2CCC(NC(=O)C3CC(F)(F)CN3)CC2)cc1. The van der Waals surface area contributed by atoms with Crippen LogP contribution < -0.4 is 15.5 Å². The molecule has 2 aliphatic rings. The molecule has 1 aromatic carbocycles. The molecule has 3 rings (SSSR count). The van der Waals surface area contributed by atoms with Crippen molar-refractivity contribution in [2.24, 2.45) is 0 Å². The quantitative estimate of drug-likeness (QED) is 0.865. The van der Waals surface area contributed by atoms with Crippen molar-refractivity contribution in [1.82, 2.24) is 10.6 Å². The molecule has 1 atom stereocenters. The van der Waals surface area contributed by atoms with E-state index in [4.69, 9.17) is 0 Å². The largest absolute Gasteiger partial charge is 0.371 e. The number of hydrogen-bond acceptors (Lipinski definition) is 3. The van der Waals surface area contributed by atoms with E-state index in [1.165, 1.54) is 11.3 Å². The van der Waals surface area contributed by atoms with Gasteiger partial charge in [0.05, 0.1) is 12.6 Å². The van der Waals surface area contributed by atoms with Gasteiger partial charge in [0.15, 0.2) is 0 Å². The predicted molar refractivity (Wildman–Crippen MR) is 99.9 cm³/mol. The van der Waals surface area contributed by atoms with Gasteiger partial charge in [0.25, 0.3) is 5.92 Å². The molecule has 0 saturated carbocycles. The Morgan fingerprint density at radius 3 is 2.31 bits per heavy atom. The second-order valence-electron chi connectivity index (χ2n) is 8.56. The number of halogens is 2. The molecule has 2 saturated heterocycles. The molecule has 2 heterocycles. The van der Waals surface area contributed by atoms with Crippen molar-refractivity contribution in [2.75, 3.05) is 24.5 Å². The van der Waals surface area contributed by atoms with Gasteiger partial charge in [-0.2, -0.15) is 0 Å². The molecule has 26 heavy (non-hydrogen) atoms. The van der Waals surface area contributed by atoms with E-state index in [0.29, 0.717) is 0 Å². The van der Waals surface area contributed by atoms with E-state index >= 15 is 0 Å². The summed E-state index contributed by atoms with van der Waals surface area (Å²) < 4.78 is 26.5. The Morgan fingerprint density at radius 2 is 1.81 bits per heavy atom. The number of piperidine rings is 1. The van der Waals surface area contributed by atoms with Gasteiger partial charge < -0.3 is 10.2 Å². The van der Waals surface area contributed by atoms with Gasteiger partial charge in [0.1, 0.15) is 0 Å². The van der Waals surface area contributed by atoms with E-state index in [1.54, 1.807) is 0 Å². The minimum atomic E-state index is -2.77. The third kappa shape index (κ3) is 4.53. The maximum absolute atomic E-state index is 13.2. The maximum atomic E-state index is 13.2. The van der Waals surface area contributed by atoms with Crippen molar-refractivity contribution in [2.45, 2.75) is 63.5 Å². The number of nitrogens with one attached hydrogen (secondary N) is 2. The molecule has 0 radical (unpaired) electrons. The average molecular weight is 365 g/mol. The summed E-state index contributed by atoms with van der Waals surface area (Å²) in [5.74, 6) is -3.07. The van der Waals surface area contributed by atoms with Crippen LogP contribution in [0.1, 0.15) is 45.6 Å². The van der Waals surface area contributed by atoms with Gasteiger partial charge in [0.2, 0.25) is 5.91 Å². The molecule has 0 spiro atoms. The zero-order chi connectivity index (χ0) is 18.9. The summed E-state index contributed by atoms with van der Waals surface area (Å²) in [6.45, 7) is 7.90. The Bertz CT molecular complexity index is 631. The van der Waals surface area contributed by atoms with Crippen molar-refractivity contribution in [3.8, 4) is 0 Å². The number of amides is 1. The van der Waals surface area contributed by atoms with Crippen molar-refractivity contribution >= 4 is 11.6 Å². The highest BCUT2D eigenvalue weighted by molar-refractivity contribution is 5.82. The molecule has 144 valence electrons. The fraction of sp³-hybridized carbons (Fsp3) is 0.650. The lowest BCUT2D eigenvalue weighted by atomic mass is 9.87. The fourth-order valence-electron chi connectivity index (χ4n) is 3.66. The number of hydrogen-bond donors (Lipinski definition) is 2. The Balaban J connectivity index is 1.49. The van der Waals surface area contributed by atoms with Crippen molar-refractivity contribution < 1.29 is 13.6 Å². The van der Waals surface area contributed by atoms with Crippen LogP contribution in [-0.4, -0.2) is 43.5 Å². The van der Waals surface area contributed by atoms with Gasteiger partial charge in [0, 0.05) is 31.2 Å². The highest BCUT2D eigenvalue weighted by Gasteiger charge is 2.42. The second kappa shape index (κ2) is 7.14. The lowest BCUT2D eigenvalue weighted by Crippen LogP contribution is -2.49. The topological polar surface area (TPSA) is 44.4 Å². The van der Waals surface area contributed by atoms with E-state index in [-0.39, 0.29) is 17.4 Å². The van der Waals surface area contributed by atoms with Gasteiger partial charge in [-0.05, 0) is 36.0 Å². The molecular weight excluding hydrogens is 336 g/mol. The molecule has 2 N–H and O–H groups in total. The Labute approximate surface area is 154 Å². The first kappa shape index (κ1) is 19.1. The highest BCUT2D eigenvalue weighted by Crippen LogP contribution is 2.27. The summed E-state index contributed by atoms with van der Waals surface area (Å²) in [4.78, 5) is 14.5. The molecule has 1 unspecified atom stereocenters. The molecular formula is C20H29F2N3O. The molecule has 1 aromatic rings. The van der Waals surface area contributed by atoms with E-state index in [2.05, 4.69) is 60.6 Å². The van der Waals surface area contributed by atoms with Crippen molar-refractivity contribution in [3.05, 3.63) is 29.8 Å². The summed E-state index contributed by atoms with van der Waals surface area (Å²) in [7, 11) is 0. The van der Waals surface area contributed by atoms with Crippen LogP contribution in [0.5, 0.6) is 0 Å². The zero-order valence-electron chi connectivity index (χ0n) is 15.8. The molecule has 0 aliphatic carbocycles. The smallest absolute Gasteiger partial charge is 0.262 e. The van der Waals surface area contributed by atoms with E-state index in [9.17, 15) is 13.6 Å². The molecule has 1 amide bonds. The monoisotopic (exact) mass is 365 g/mol. The van der Waals surface area contributed by atoms with Crippen LogP contribution >= 0.6 is 0 Å².